The summed E-state index contributed by atoms with van der Waals surface area (Å²) in [5, 5.41) is 3.24. The van der Waals surface area contributed by atoms with Gasteiger partial charge in [-0.15, -0.1) is 0 Å². The van der Waals surface area contributed by atoms with Crippen LogP contribution < -0.4 is 10.1 Å². The van der Waals surface area contributed by atoms with Gasteiger partial charge in [-0.05, 0) is 37.1 Å². The summed E-state index contributed by atoms with van der Waals surface area (Å²) in [5.74, 6) is 0.509. The maximum atomic E-state index is 12.9. The van der Waals surface area contributed by atoms with Crippen molar-refractivity contribution >= 4 is 0 Å². The number of aryl methyl sites for hydroxylation is 1. The molecule has 0 saturated heterocycles. The van der Waals surface area contributed by atoms with Gasteiger partial charge in [0.25, 0.3) is 0 Å². The summed E-state index contributed by atoms with van der Waals surface area (Å²) in [4.78, 5) is 0. The minimum absolute atomic E-state index is 0.229. The van der Waals surface area contributed by atoms with E-state index in [1.54, 1.807) is 6.07 Å². The van der Waals surface area contributed by atoms with Gasteiger partial charge >= 0.3 is 0 Å². The van der Waals surface area contributed by atoms with E-state index in [-0.39, 0.29) is 5.82 Å². The zero-order valence-electron chi connectivity index (χ0n) is 11.9. The summed E-state index contributed by atoms with van der Waals surface area (Å²) in [6.07, 6.45) is 2.28. The van der Waals surface area contributed by atoms with Crippen LogP contribution in [0.4, 0.5) is 4.39 Å². The lowest BCUT2D eigenvalue weighted by molar-refractivity contribution is 0.132. The molecule has 0 amide bonds. The van der Waals surface area contributed by atoms with Crippen molar-refractivity contribution in [2.45, 2.75) is 26.7 Å². The first-order valence-corrected chi connectivity index (χ1v) is 6.91. The van der Waals surface area contributed by atoms with E-state index < -0.39 is 0 Å². The van der Waals surface area contributed by atoms with E-state index in [1.165, 1.54) is 12.1 Å². The number of halogens is 1. The van der Waals surface area contributed by atoms with Crippen LogP contribution in [0.15, 0.2) is 18.2 Å². The molecular weight excluding hydrogens is 245 g/mol. The topological polar surface area (TPSA) is 30.5 Å². The normalized spacial score (nSPS) is 10.7. The molecule has 1 rings (SSSR count). The third kappa shape index (κ3) is 7.13. The molecule has 0 aromatic heterocycles. The Morgan fingerprint density at radius 1 is 1.16 bits per heavy atom. The molecule has 0 bridgehead atoms. The fraction of sp³-hybridized carbons (Fsp3) is 0.600. The molecule has 0 aliphatic heterocycles. The number of benzene rings is 1. The minimum atomic E-state index is -0.229. The Balaban J connectivity index is 2.01. The molecule has 0 aliphatic rings. The Kier molecular flexibility index (Phi) is 8.18. The van der Waals surface area contributed by atoms with Crippen LogP contribution in [-0.2, 0) is 4.74 Å². The van der Waals surface area contributed by atoms with Gasteiger partial charge in [-0.2, -0.15) is 0 Å². The lowest BCUT2D eigenvalue weighted by Gasteiger charge is -2.10. The van der Waals surface area contributed by atoms with E-state index in [1.807, 2.05) is 6.92 Å². The van der Waals surface area contributed by atoms with Gasteiger partial charge in [-0.3, -0.25) is 0 Å². The van der Waals surface area contributed by atoms with E-state index in [9.17, 15) is 4.39 Å². The molecule has 108 valence electrons. The lowest BCUT2D eigenvalue weighted by Crippen LogP contribution is -2.25. The number of ether oxygens (including phenoxy) is 2. The first kappa shape index (κ1) is 15.9. The standard InChI is InChI=1S/C15H24FNO2/c1-3-4-9-18-10-7-17-8-11-19-15-6-5-14(16)12-13(15)2/h5-6,12,17H,3-4,7-11H2,1-2H3. The Labute approximate surface area is 115 Å². The van der Waals surface area contributed by atoms with E-state index in [2.05, 4.69) is 12.2 Å². The molecule has 0 aliphatic carbocycles. The van der Waals surface area contributed by atoms with Gasteiger partial charge in [0.2, 0.25) is 0 Å². The fourth-order valence-corrected chi connectivity index (χ4v) is 1.63. The van der Waals surface area contributed by atoms with Crippen molar-refractivity contribution in [3.05, 3.63) is 29.6 Å². The summed E-state index contributed by atoms with van der Waals surface area (Å²) >= 11 is 0. The summed E-state index contributed by atoms with van der Waals surface area (Å²) in [6, 6.07) is 4.56. The Morgan fingerprint density at radius 3 is 2.68 bits per heavy atom. The van der Waals surface area contributed by atoms with Crippen molar-refractivity contribution in [2.75, 3.05) is 32.9 Å². The van der Waals surface area contributed by atoms with Gasteiger partial charge in [-0.25, -0.2) is 4.39 Å². The Hall–Kier alpha value is -1.13. The van der Waals surface area contributed by atoms with Gasteiger partial charge in [0.1, 0.15) is 18.2 Å². The van der Waals surface area contributed by atoms with Gasteiger partial charge < -0.3 is 14.8 Å². The molecule has 1 N–H and O–H groups in total. The highest BCUT2D eigenvalue weighted by Gasteiger charge is 2.00. The van der Waals surface area contributed by atoms with Crippen LogP contribution in [0.2, 0.25) is 0 Å². The number of nitrogens with one attached hydrogen (secondary N) is 1. The molecule has 0 atom stereocenters. The van der Waals surface area contributed by atoms with Gasteiger partial charge in [0, 0.05) is 19.7 Å². The molecule has 0 spiro atoms. The van der Waals surface area contributed by atoms with Crippen LogP contribution in [0.3, 0.4) is 0 Å². The second kappa shape index (κ2) is 9.75. The van der Waals surface area contributed by atoms with Gasteiger partial charge in [0.05, 0.1) is 6.61 Å². The average molecular weight is 269 g/mol. The van der Waals surface area contributed by atoms with Crippen molar-refractivity contribution in [2.24, 2.45) is 0 Å². The van der Waals surface area contributed by atoms with E-state index >= 15 is 0 Å². The van der Waals surface area contributed by atoms with E-state index in [0.717, 1.165) is 50.5 Å². The molecule has 19 heavy (non-hydrogen) atoms. The maximum Gasteiger partial charge on any atom is 0.123 e. The molecule has 0 heterocycles. The SMILES string of the molecule is CCCCOCCNCCOc1ccc(F)cc1C. The minimum Gasteiger partial charge on any atom is -0.492 e. The lowest BCUT2D eigenvalue weighted by atomic mass is 10.2. The monoisotopic (exact) mass is 269 g/mol. The number of hydrogen-bond donors (Lipinski definition) is 1. The summed E-state index contributed by atoms with van der Waals surface area (Å²) in [7, 11) is 0. The van der Waals surface area contributed by atoms with Crippen LogP contribution in [0.5, 0.6) is 5.75 Å². The van der Waals surface area contributed by atoms with Crippen LogP contribution in [0, 0.1) is 12.7 Å². The largest absolute Gasteiger partial charge is 0.492 e. The molecule has 0 unspecified atom stereocenters. The van der Waals surface area contributed by atoms with Crippen molar-refractivity contribution in [1.29, 1.82) is 0 Å². The van der Waals surface area contributed by atoms with Gasteiger partial charge in [-0.1, -0.05) is 13.3 Å². The van der Waals surface area contributed by atoms with Crippen LogP contribution in [0.25, 0.3) is 0 Å². The number of rotatable bonds is 10. The molecule has 3 nitrogen and oxygen atoms in total. The summed E-state index contributed by atoms with van der Waals surface area (Å²) in [5.41, 5.74) is 0.822. The highest BCUT2D eigenvalue weighted by Crippen LogP contribution is 2.17. The first-order chi connectivity index (χ1) is 9.24. The summed E-state index contributed by atoms with van der Waals surface area (Å²) < 4.78 is 23.9. The molecule has 4 heteroatoms. The molecule has 1 aromatic rings. The molecule has 0 saturated carbocycles. The molecule has 1 aromatic carbocycles. The predicted octanol–water partition coefficient (Wildman–Crippen LogP) is 2.92. The van der Waals surface area contributed by atoms with E-state index in [0.29, 0.717) is 6.61 Å². The van der Waals surface area contributed by atoms with Crippen LogP contribution >= 0.6 is 0 Å². The number of hydrogen-bond acceptors (Lipinski definition) is 3. The zero-order chi connectivity index (χ0) is 13.9. The van der Waals surface area contributed by atoms with Crippen molar-refractivity contribution in [1.82, 2.24) is 5.32 Å². The third-order valence-corrected chi connectivity index (χ3v) is 2.74. The van der Waals surface area contributed by atoms with Gasteiger partial charge in [0.15, 0.2) is 0 Å². The molecular formula is C15H24FNO2. The maximum absolute atomic E-state index is 12.9. The van der Waals surface area contributed by atoms with Crippen molar-refractivity contribution in [3.8, 4) is 5.75 Å². The summed E-state index contributed by atoms with van der Waals surface area (Å²) in [6.45, 7) is 7.72. The quantitative estimate of drug-likeness (QED) is 0.662. The van der Waals surface area contributed by atoms with E-state index in [4.69, 9.17) is 9.47 Å². The second-order valence-corrected chi connectivity index (χ2v) is 4.47. The van der Waals surface area contributed by atoms with Crippen molar-refractivity contribution in [3.63, 3.8) is 0 Å². The highest BCUT2D eigenvalue weighted by atomic mass is 19.1. The first-order valence-electron chi connectivity index (χ1n) is 6.91. The molecule has 0 fully saturated rings. The Bertz CT molecular complexity index is 358. The number of unbranched alkanes of at least 4 members (excludes halogenated alkanes) is 1. The zero-order valence-corrected chi connectivity index (χ0v) is 11.9. The smallest absolute Gasteiger partial charge is 0.123 e. The predicted molar refractivity (Wildman–Crippen MR) is 75.2 cm³/mol. The Morgan fingerprint density at radius 2 is 1.95 bits per heavy atom. The van der Waals surface area contributed by atoms with Crippen LogP contribution in [-0.4, -0.2) is 32.9 Å². The van der Waals surface area contributed by atoms with Crippen LogP contribution in [0.1, 0.15) is 25.3 Å². The third-order valence-electron chi connectivity index (χ3n) is 2.74. The van der Waals surface area contributed by atoms with Crippen molar-refractivity contribution < 1.29 is 13.9 Å². The fourth-order valence-electron chi connectivity index (χ4n) is 1.63. The second-order valence-electron chi connectivity index (χ2n) is 4.47. The highest BCUT2D eigenvalue weighted by molar-refractivity contribution is 5.32. The molecule has 0 radical (unpaired) electrons. The average Bonchev–Trinajstić information content (AvgIpc) is 2.39.